The van der Waals surface area contributed by atoms with E-state index < -0.39 is 35.8 Å². The minimum absolute atomic E-state index is 0.00196. The van der Waals surface area contributed by atoms with Crippen LogP contribution in [0.5, 0.6) is 0 Å². The lowest BCUT2D eigenvalue weighted by atomic mass is 10.1. The van der Waals surface area contributed by atoms with Gasteiger partial charge in [0.15, 0.2) is 0 Å². The zero-order valence-electron chi connectivity index (χ0n) is 15.3. The first-order valence-electron chi connectivity index (χ1n) is 8.76. The fourth-order valence-corrected chi connectivity index (χ4v) is 2.63. The van der Waals surface area contributed by atoms with Crippen LogP contribution in [-0.2, 0) is 19.1 Å². The van der Waals surface area contributed by atoms with E-state index in [9.17, 15) is 18.4 Å². The zero-order valence-corrected chi connectivity index (χ0v) is 15.3. The first-order valence-corrected chi connectivity index (χ1v) is 8.76. The minimum atomic E-state index is -0.716. The van der Waals surface area contributed by atoms with Gasteiger partial charge in [0.25, 0.3) is 0 Å². The molecule has 0 saturated carbocycles. The molecule has 0 amide bonds. The maximum absolute atomic E-state index is 13.7. The van der Waals surface area contributed by atoms with E-state index in [1.54, 1.807) is 50.2 Å². The molecule has 2 aromatic carbocycles. The topological polar surface area (TPSA) is 52.6 Å². The van der Waals surface area contributed by atoms with Crippen molar-refractivity contribution in [2.24, 2.45) is 0 Å². The molecule has 0 aliphatic heterocycles. The van der Waals surface area contributed by atoms with Gasteiger partial charge in [-0.15, -0.1) is 0 Å². The second-order valence-electron chi connectivity index (χ2n) is 6.16. The minimum Gasteiger partial charge on any atom is -0.458 e. The highest BCUT2D eigenvalue weighted by molar-refractivity contribution is 5.72. The van der Waals surface area contributed by atoms with Gasteiger partial charge >= 0.3 is 11.9 Å². The van der Waals surface area contributed by atoms with Gasteiger partial charge in [-0.25, -0.2) is 8.78 Å². The quantitative estimate of drug-likeness (QED) is 0.606. The Morgan fingerprint density at radius 2 is 1.15 bits per heavy atom. The molecule has 0 saturated heterocycles. The molecule has 0 fully saturated rings. The molecule has 2 atom stereocenters. The number of rotatable bonds is 8. The normalized spacial score (nSPS) is 12.9. The van der Waals surface area contributed by atoms with Crippen LogP contribution in [0, 0.1) is 11.6 Å². The maximum atomic E-state index is 13.7. The number of hydrogen-bond donors (Lipinski definition) is 0. The Morgan fingerprint density at radius 3 is 1.52 bits per heavy atom. The third kappa shape index (κ3) is 6.16. The summed E-state index contributed by atoms with van der Waals surface area (Å²) in [7, 11) is 0. The van der Waals surface area contributed by atoms with Crippen molar-refractivity contribution in [1.29, 1.82) is 0 Å². The fraction of sp³-hybridized carbons (Fsp3) is 0.333. The lowest BCUT2D eigenvalue weighted by Crippen LogP contribution is -2.12. The molecule has 0 radical (unpaired) electrons. The Bertz CT molecular complexity index is 726. The number of esters is 2. The molecule has 0 aliphatic rings. The average Bonchev–Trinajstić information content (AvgIpc) is 2.62. The van der Waals surface area contributed by atoms with Crippen LogP contribution < -0.4 is 0 Å². The second-order valence-corrected chi connectivity index (χ2v) is 6.16. The predicted octanol–water partition coefficient (Wildman–Crippen LogP) is 5.04. The summed E-state index contributed by atoms with van der Waals surface area (Å²) in [4.78, 5) is 23.7. The van der Waals surface area contributed by atoms with Crippen LogP contribution in [0.3, 0.4) is 0 Å². The molecule has 2 aromatic rings. The first-order chi connectivity index (χ1) is 12.9. The van der Waals surface area contributed by atoms with Gasteiger partial charge in [-0.3, -0.25) is 9.59 Å². The van der Waals surface area contributed by atoms with E-state index in [1.807, 2.05) is 0 Å². The Morgan fingerprint density at radius 1 is 0.778 bits per heavy atom. The van der Waals surface area contributed by atoms with Crippen LogP contribution in [0.25, 0.3) is 0 Å². The summed E-state index contributed by atoms with van der Waals surface area (Å²) in [5, 5.41) is 0. The summed E-state index contributed by atoms with van der Waals surface area (Å²) in [5.74, 6) is -1.94. The highest BCUT2D eigenvalue weighted by Gasteiger charge is 2.17. The van der Waals surface area contributed by atoms with Gasteiger partial charge in [-0.1, -0.05) is 36.4 Å². The van der Waals surface area contributed by atoms with Crippen LogP contribution >= 0.6 is 0 Å². The zero-order chi connectivity index (χ0) is 19.8. The largest absolute Gasteiger partial charge is 0.458 e. The summed E-state index contributed by atoms with van der Waals surface area (Å²) in [5.41, 5.74) is 0.591. The average molecular weight is 376 g/mol. The number of halogens is 2. The van der Waals surface area contributed by atoms with Gasteiger partial charge in [0.05, 0.1) is 0 Å². The van der Waals surface area contributed by atoms with Crippen molar-refractivity contribution in [3.8, 4) is 0 Å². The van der Waals surface area contributed by atoms with Crippen LogP contribution in [0.2, 0.25) is 0 Å². The van der Waals surface area contributed by atoms with Crippen molar-refractivity contribution in [3.05, 3.63) is 71.3 Å². The van der Waals surface area contributed by atoms with E-state index >= 15 is 0 Å². The van der Waals surface area contributed by atoms with Gasteiger partial charge in [0.2, 0.25) is 0 Å². The fourth-order valence-electron chi connectivity index (χ4n) is 2.63. The van der Waals surface area contributed by atoms with Gasteiger partial charge in [-0.2, -0.15) is 0 Å². The van der Waals surface area contributed by atoms with E-state index in [0.29, 0.717) is 11.1 Å². The molecule has 0 spiro atoms. The second kappa shape index (κ2) is 9.80. The Hall–Kier alpha value is -2.76. The molecule has 2 unspecified atom stereocenters. The van der Waals surface area contributed by atoms with Crippen molar-refractivity contribution in [2.45, 2.75) is 45.3 Å². The van der Waals surface area contributed by atoms with Crippen LogP contribution in [0.4, 0.5) is 8.78 Å². The van der Waals surface area contributed by atoms with Crippen molar-refractivity contribution < 1.29 is 27.8 Å². The van der Waals surface area contributed by atoms with E-state index in [0.717, 1.165) is 0 Å². The van der Waals surface area contributed by atoms with E-state index in [1.165, 1.54) is 12.1 Å². The summed E-state index contributed by atoms with van der Waals surface area (Å²) in [6.45, 7) is 3.17. The third-order valence-electron chi connectivity index (χ3n) is 4.06. The van der Waals surface area contributed by atoms with E-state index in [2.05, 4.69) is 0 Å². The number of ether oxygens (including phenoxy) is 2. The van der Waals surface area contributed by atoms with Crippen molar-refractivity contribution in [3.63, 3.8) is 0 Å². The van der Waals surface area contributed by atoms with Gasteiger partial charge < -0.3 is 9.47 Å². The lowest BCUT2D eigenvalue weighted by molar-refractivity contribution is -0.150. The maximum Gasteiger partial charge on any atom is 0.306 e. The molecule has 6 heteroatoms. The summed E-state index contributed by atoms with van der Waals surface area (Å²) in [6.07, 6.45) is -1.20. The molecular weight excluding hydrogens is 354 g/mol. The Labute approximate surface area is 157 Å². The standard InChI is InChI=1S/C21H22F2O4/c1-14(16-8-3-5-10-18(16)22)26-20(24)12-7-13-21(25)27-15(2)17-9-4-6-11-19(17)23/h3-6,8-11,14-15H,7,12-13H2,1-2H3. The third-order valence-corrected chi connectivity index (χ3v) is 4.06. The van der Waals surface area contributed by atoms with Gasteiger partial charge in [0.1, 0.15) is 23.8 Å². The van der Waals surface area contributed by atoms with Crippen LogP contribution in [0.1, 0.15) is 56.4 Å². The van der Waals surface area contributed by atoms with Gasteiger partial charge in [0, 0.05) is 24.0 Å². The van der Waals surface area contributed by atoms with Crippen LogP contribution in [-0.4, -0.2) is 11.9 Å². The molecule has 144 valence electrons. The molecular formula is C21H22F2O4. The molecule has 4 nitrogen and oxygen atoms in total. The smallest absolute Gasteiger partial charge is 0.306 e. The first kappa shape index (κ1) is 20.6. The number of benzene rings is 2. The highest BCUT2D eigenvalue weighted by atomic mass is 19.1. The monoisotopic (exact) mass is 376 g/mol. The Balaban J connectivity index is 1.74. The Kier molecular flexibility index (Phi) is 7.46. The molecule has 2 rings (SSSR count). The lowest BCUT2D eigenvalue weighted by Gasteiger charge is -2.15. The van der Waals surface area contributed by atoms with Crippen LogP contribution in [0.15, 0.2) is 48.5 Å². The molecule has 0 aliphatic carbocycles. The van der Waals surface area contributed by atoms with Crippen molar-refractivity contribution >= 4 is 11.9 Å². The van der Waals surface area contributed by atoms with E-state index in [4.69, 9.17) is 9.47 Å². The molecule has 27 heavy (non-hydrogen) atoms. The summed E-state index contributed by atoms with van der Waals surface area (Å²) in [6, 6.07) is 12.1. The SMILES string of the molecule is CC(OC(=O)CCCC(=O)OC(C)c1ccccc1F)c1ccccc1F. The van der Waals surface area contributed by atoms with E-state index in [-0.39, 0.29) is 19.3 Å². The predicted molar refractivity (Wildman–Crippen MR) is 95.7 cm³/mol. The molecule has 0 N–H and O–H groups in total. The molecule has 0 aromatic heterocycles. The number of carbonyl (C=O) groups is 2. The van der Waals surface area contributed by atoms with Gasteiger partial charge in [-0.05, 0) is 32.4 Å². The van der Waals surface area contributed by atoms with Crippen molar-refractivity contribution in [1.82, 2.24) is 0 Å². The summed E-state index contributed by atoms with van der Waals surface area (Å²) >= 11 is 0. The molecule has 0 bridgehead atoms. The van der Waals surface area contributed by atoms with Crippen molar-refractivity contribution in [2.75, 3.05) is 0 Å². The number of hydrogen-bond acceptors (Lipinski definition) is 4. The molecule has 0 heterocycles. The summed E-state index contributed by atoms with van der Waals surface area (Å²) < 4.78 is 37.7. The number of carbonyl (C=O) groups excluding carboxylic acids is 2. The highest BCUT2D eigenvalue weighted by Crippen LogP contribution is 2.22.